The molecule has 0 spiro atoms. The summed E-state index contributed by atoms with van der Waals surface area (Å²) in [7, 11) is -4.02. The highest BCUT2D eigenvalue weighted by Crippen LogP contribution is 2.31. The Hall–Kier alpha value is -3.56. The van der Waals surface area contributed by atoms with Crippen LogP contribution in [0.5, 0.6) is 0 Å². The van der Waals surface area contributed by atoms with Gasteiger partial charge in [-0.15, -0.1) is 0 Å². The van der Waals surface area contributed by atoms with E-state index in [4.69, 9.17) is 28.9 Å². The van der Waals surface area contributed by atoms with E-state index in [0.717, 1.165) is 49.5 Å². The Balaban J connectivity index is 1.19. The average molecular weight is 610 g/mol. The number of amides is 1. The summed E-state index contributed by atoms with van der Waals surface area (Å²) in [6.07, 6.45) is 0. The van der Waals surface area contributed by atoms with Crippen LogP contribution in [0, 0.1) is 6.92 Å². The van der Waals surface area contributed by atoms with Crippen LogP contribution in [0.25, 0.3) is 11.1 Å². The highest BCUT2D eigenvalue weighted by atomic mass is 35.5. The number of nitrogens with zero attached hydrogens (tertiary/aromatic N) is 2. The SMILES string of the molecule is Cc1cc(S(=O)(=O)NC(=O)c2ccc(N3CCN(Cc4ccccc4-c4ccc(Cl)c(Cl)c4)CC3)cc2)ccc1N. The van der Waals surface area contributed by atoms with Gasteiger partial charge in [0.15, 0.2) is 0 Å². The van der Waals surface area contributed by atoms with Crippen molar-refractivity contribution in [1.82, 2.24) is 9.62 Å². The first-order valence-electron chi connectivity index (χ1n) is 13.1. The molecule has 212 valence electrons. The third kappa shape index (κ3) is 6.68. The highest BCUT2D eigenvalue weighted by Gasteiger charge is 2.21. The van der Waals surface area contributed by atoms with Gasteiger partial charge in [0.25, 0.3) is 15.9 Å². The lowest BCUT2D eigenvalue weighted by atomic mass is 9.99. The molecule has 4 aromatic rings. The number of hydrogen-bond donors (Lipinski definition) is 2. The van der Waals surface area contributed by atoms with Crippen LogP contribution in [0.15, 0.2) is 89.8 Å². The second kappa shape index (κ2) is 12.1. The van der Waals surface area contributed by atoms with Crippen LogP contribution >= 0.6 is 23.2 Å². The van der Waals surface area contributed by atoms with Gasteiger partial charge in [-0.05, 0) is 83.8 Å². The minimum absolute atomic E-state index is 0.00775. The van der Waals surface area contributed by atoms with Crippen molar-refractivity contribution in [1.29, 1.82) is 0 Å². The number of nitrogens with one attached hydrogen (secondary N) is 1. The third-order valence-corrected chi connectivity index (χ3v) is 9.36. The standard InChI is InChI=1S/C31H30Cl2N4O3S/c1-21-18-26(11-13-30(21)34)41(39,40)35-31(38)22-6-9-25(10-7-22)37-16-14-36(15-17-37)20-24-4-2-3-5-27(24)23-8-12-28(32)29(33)19-23/h2-13,18-19H,14-17,20,34H2,1H3,(H,35,38). The van der Waals surface area contributed by atoms with Crippen LogP contribution in [0.3, 0.4) is 0 Å². The number of anilines is 2. The Morgan fingerprint density at radius 3 is 2.27 bits per heavy atom. The first kappa shape index (κ1) is 29.0. The van der Waals surface area contributed by atoms with Crippen LogP contribution in [-0.4, -0.2) is 45.4 Å². The summed E-state index contributed by atoms with van der Waals surface area (Å²) in [4.78, 5) is 17.4. The summed E-state index contributed by atoms with van der Waals surface area (Å²) in [5, 5.41) is 1.07. The number of carbonyl (C=O) groups excluding carboxylic acids is 1. The number of hydrogen-bond acceptors (Lipinski definition) is 6. The van der Waals surface area contributed by atoms with Gasteiger partial charge in [-0.2, -0.15) is 0 Å². The lowest BCUT2D eigenvalue weighted by Gasteiger charge is -2.36. The molecule has 4 aromatic carbocycles. The van der Waals surface area contributed by atoms with E-state index in [1.165, 1.54) is 23.8 Å². The molecule has 7 nitrogen and oxygen atoms in total. The number of nitrogens with two attached hydrogens (primary N) is 1. The van der Waals surface area contributed by atoms with E-state index < -0.39 is 15.9 Å². The normalized spacial score (nSPS) is 14.2. The van der Waals surface area contributed by atoms with Crippen LogP contribution < -0.4 is 15.4 Å². The van der Waals surface area contributed by atoms with Gasteiger partial charge in [0.2, 0.25) is 0 Å². The molecule has 1 amide bonds. The Labute approximate surface area is 250 Å². The molecule has 0 radical (unpaired) electrons. The zero-order chi connectivity index (χ0) is 29.1. The van der Waals surface area contributed by atoms with Crippen LogP contribution in [0.2, 0.25) is 10.0 Å². The van der Waals surface area contributed by atoms with Crippen LogP contribution in [0.1, 0.15) is 21.5 Å². The van der Waals surface area contributed by atoms with Gasteiger partial charge in [-0.3, -0.25) is 9.69 Å². The molecule has 1 fully saturated rings. The first-order valence-corrected chi connectivity index (χ1v) is 15.4. The van der Waals surface area contributed by atoms with Crippen molar-refractivity contribution in [2.24, 2.45) is 0 Å². The fourth-order valence-corrected chi connectivity index (χ4v) is 6.24. The Morgan fingerprint density at radius 1 is 0.878 bits per heavy atom. The summed E-state index contributed by atoms with van der Waals surface area (Å²) < 4.78 is 27.5. The van der Waals surface area contributed by atoms with Gasteiger partial charge < -0.3 is 10.6 Å². The Morgan fingerprint density at radius 2 is 1.59 bits per heavy atom. The lowest BCUT2D eigenvalue weighted by Crippen LogP contribution is -2.46. The molecule has 0 saturated carbocycles. The van der Waals surface area contributed by atoms with Gasteiger partial charge in [0.05, 0.1) is 14.9 Å². The van der Waals surface area contributed by atoms with Crippen molar-refractivity contribution in [3.8, 4) is 11.1 Å². The first-order chi connectivity index (χ1) is 19.6. The molecule has 1 aliphatic rings. The molecule has 41 heavy (non-hydrogen) atoms. The van der Waals surface area contributed by atoms with Gasteiger partial charge in [0.1, 0.15) is 0 Å². The number of piperazine rings is 1. The molecule has 0 unspecified atom stereocenters. The molecule has 1 heterocycles. The molecule has 10 heteroatoms. The van der Waals surface area contributed by atoms with E-state index >= 15 is 0 Å². The minimum atomic E-state index is -4.02. The maximum Gasteiger partial charge on any atom is 0.264 e. The maximum atomic E-state index is 12.7. The van der Waals surface area contributed by atoms with E-state index in [1.54, 1.807) is 19.1 Å². The number of carbonyl (C=O) groups is 1. The van der Waals surface area contributed by atoms with Gasteiger partial charge in [-0.25, -0.2) is 13.1 Å². The molecule has 0 aliphatic carbocycles. The van der Waals surface area contributed by atoms with Crippen LogP contribution in [0.4, 0.5) is 11.4 Å². The number of benzene rings is 4. The number of sulfonamides is 1. The van der Waals surface area contributed by atoms with Crippen molar-refractivity contribution in [3.05, 3.63) is 112 Å². The lowest BCUT2D eigenvalue weighted by molar-refractivity contribution is 0.0981. The zero-order valence-electron chi connectivity index (χ0n) is 22.5. The second-order valence-electron chi connectivity index (χ2n) is 10.0. The van der Waals surface area contributed by atoms with E-state index in [9.17, 15) is 13.2 Å². The molecule has 0 aromatic heterocycles. The quantitative estimate of drug-likeness (QED) is 0.250. The number of rotatable bonds is 7. The van der Waals surface area contributed by atoms with E-state index in [1.807, 2.05) is 42.5 Å². The zero-order valence-corrected chi connectivity index (χ0v) is 24.8. The van der Waals surface area contributed by atoms with E-state index in [-0.39, 0.29) is 10.5 Å². The summed E-state index contributed by atoms with van der Waals surface area (Å²) in [5.74, 6) is -0.684. The van der Waals surface area contributed by atoms with Crippen molar-refractivity contribution >= 4 is 50.5 Å². The summed E-state index contributed by atoms with van der Waals surface area (Å²) in [6.45, 7) is 5.92. The van der Waals surface area contributed by atoms with Gasteiger partial charge in [0, 0.05) is 49.7 Å². The molecule has 0 atom stereocenters. The third-order valence-electron chi connectivity index (χ3n) is 7.29. The summed E-state index contributed by atoms with van der Waals surface area (Å²) >= 11 is 12.4. The second-order valence-corrected chi connectivity index (χ2v) is 12.5. The number of aryl methyl sites for hydroxylation is 1. The number of halogens is 2. The smallest absolute Gasteiger partial charge is 0.264 e. The number of nitrogen functional groups attached to an aromatic ring is 1. The largest absolute Gasteiger partial charge is 0.399 e. The fraction of sp³-hybridized carbons (Fsp3) is 0.194. The Bertz CT molecular complexity index is 1690. The van der Waals surface area contributed by atoms with Gasteiger partial charge in [-0.1, -0.05) is 53.5 Å². The van der Waals surface area contributed by atoms with Crippen molar-refractivity contribution < 1.29 is 13.2 Å². The topological polar surface area (TPSA) is 95.7 Å². The predicted octanol–water partition coefficient (Wildman–Crippen LogP) is 5.99. The summed E-state index contributed by atoms with van der Waals surface area (Å²) in [5.41, 5.74) is 11.5. The molecule has 0 bridgehead atoms. The molecule has 5 rings (SSSR count). The van der Waals surface area contributed by atoms with Crippen molar-refractivity contribution in [2.45, 2.75) is 18.4 Å². The van der Waals surface area contributed by atoms with E-state index in [0.29, 0.717) is 21.3 Å². The van der Waals surface area contributed by atoms with Crippen molar-refractivity contribution in [3.63, 3.8) is 0 Å². The minimum Gasteiger partial charge on any atom is -0.399 e. The van der Waals surface area contributed by atoms with Gasteiger partial charge >= 0.3 is 0 Å². The fourth-order valence-electron chi connectivity index (χ4n) is 4.89. The van der Waals surface area contributed by atoms with E-state index in [2.05, 4.69) is 26.7 Å². The summed E-state index contributed by atoms with van der Waals surface area (Å²) in [6, 6.07) is 25.4. The monoisotopic (exact) mass is 608 g/mol. The van der Waals surface area contributed by atoms with Crippen molar-refractivity contribution in [2.75, 3.05) is 36.8 Å². The Kier molecular flexibility index (Phi) is 8.56. The molecular formula is C31H30Cl2N4O3S. The average Bonchev–Trinajstić information content (AvgIpc) is 2.96. The molecular weight excluding hydrogens is 579 g/mol. The highest BCUT2D eigenvalue weighted by molar-refractivity contribution is 7.90. The predicted molar refractivity (Wildman–Crippen MR) is 166 cm³/mol. The maximum absolute atomic E-state index is 12.7. The molecule has 3 N–H and O–H groups in total. The van der Waals surface area contributed by atoms with Crippen LogP contribution in [-0.2, 0) is 16.6 Å². The molecule has 1 saturated heterocycles. The molecule has 1 aliphatic heterocycles.